The first kappa shape index (κ1) is 14.6. The van der Waals surface area contributed by atoms with E-state index in [1.54, 1.807) is 0 Å². The molecule has 0 unspecified atom stereocenters. The molecular weight excluding hydrogens is 262 g/mol. The van der Waals surface area contributed by atoms with E-state index < -0.39 is 22.5 Å². The maximum absolute atomic E-state index is 10.7. The zero-order valence-electron chi connectivity index (χ0n) is 9.31. The lowest BCUT2D eigenvalue weighted by atomic mass is 9.94. The summed E-state index contributed by atoms with van der Waals surface area (Å²) < 4.78 is 33.6. The summed E-state index contributed by atoms with van der Waals surface area (Å²) in [5.74, 6) is -0.0704. The van der Waals surface area contributed by atoms with E-state index in [2.05, 4.69) is 4.18 Å². The van der Waals surface area contributed by atoms with Crippen LogP contribution in [0.5, 0.6) is 5.75 Å². The minimum atomic E-state index is -4.56. The first-order valence-corrected chi connectivity index (χ1v) is 6.26. The summed E-state index contributed by atoms with van der Waals surface area (Å²) in [6, 6.07) is 5.54. The SMILES string of the molecule is N[C@@](C=O)(CO)Cc1ccc(OS(=O)(=O)O)cc1. The van der Waals surface area contributed by atoms with Crippen molar-refractivity contribution in [3.8, 4) is 5.75 Å². The van der Waals surface area contributed by atoms with Crippen molar-refractivity contribution in [3.63, 3.8) is 0 Å². The Labute approximate surface area is 104 Å². The highest BCUT2D eigenvalue weighted by atomic mass is 32.3. The second-order valence-electron chi connectivity index (χ2n) is 3.84. The minimum Gasteiger partial charge on any atom is -0.394 e. The third-order valence-corrected chi connectivity index (χ3v) is 2.59. The number of aldehydes is 1. The number of hydrogen-bond acceptors (Lipinski definition) is 6. The van der Waals surface area contributed by atoms with E-state index in [1.165, 1.54) is 24.3 Å². The van der Waals surface area contributed by atoms with Crippen molar-refractivity contribution >= 4 is 16.7 Å². The number of carbonyl (C=O) groups excluding carboxylic acids is 1. The van der Waals surface area contributed by atoms with E-state index >= 15 is 0 Å². The molecule has 18 heavy (non-hydrogen) atoms. The molecule has 0 fully saturated rings. The van der Waals surface area contributed by atoms with Crippen molar-refractivity contribution < 1.29 is 27.1 Å². The van der Waals surface area contributed by atoms with Gasteiger partial charge in [-0.15, -0.1) is 0 Å². The summed E-state index contributed by atoms with van der Waals surface area (Å²) in [4.78, 5) is 10.7. The Balaban J connectivity index is 2.81. The zero-order chi connectivity index (χ0) is 13.8. The van der Waals surface area contributed by atoms with E-state index in [4.69, 9.17) is 15.4 Å². The highest BCUT2D eigenvalue weighted by molar-refractivity contribution is 7.81. The maximum Gasteiger partial charge on any atom is 0.446 e. The molecule has 0 bridgehead atoms. The highest BCUT2D eigenvalue weighted by Gasteiger charge is 2.23. The number of nitrogens with two attached hydrogens (primary N) is 1. The second kappa shape index (κ2) is 5.44. The number of aliphatic hydroxyl groups is 1. The molecule has 1 aromatic rings. The van der Waals surface area contributed by atoms with Crippen LogP contribution >= 0.6 is 0 Å². The molecule has 4 N–H and O–H groups in total. The molecule has 7 nitrogen and oxygen atoms in total. The van der Waals surface area contributed by atoms with Crippen LogP contribution in [0.25, 0.3) is 0 Å². The fourth-order valence-corrected chi connectivity index (χ4v) is 1.65. The van der Waals surface area contributed by atoms with Gasteiger partial charge in [0.1, 0.15) is 12.0 Å². The molecule has 1 aromatic carbocycles. The van der Waals surface area contributed by atoms with E-state index in [0.29, 0.717) is 11.8 Å². The van der Waals surface area contributed by atoms with Gasteiger partial charge >= 0.3 is 10.4 Å². The van der Waals surface area contributed by atoms with Gasteiger partial charge in [0.25, 0.3) is 0 Å². The highest BCUT2D eigenvalue weighted by Crippen LogP contribution is 2.16. The average Bonchev–Trinajstić information content (AvgIpc) is 2.30. The molecule has 8 heteroatoms. The van der Waals surface area contributed by atoms with Crippen molar-refractivity contribution in [2.24, 2.45) is 5.73 Å². The molecule has 1 rings (SSSR count). The summed E-state index contributed by atoms with van der Waals surface area (Å²) in [5, 5.41) is 8.96. The van der Waals surface area contributed by atoms with Crippen LogP contribution in [0.4, 0.5) is 0 Å². The fourth-order valence-electron chi connectivity index (χ4n) is 1.30. The molecule has 0 aliphatic carbocycles. The molecular formula is C10H13NO6S. The molecule has 0 saturated heterocycles. The van der Waals surface area contributed by atoms with Crippen molar-refractivity contribution in [1.82, 2.24) is 0 Å². The second-order valence-corrected chi connectivity index (χ2v) is 4.86. The molecule has 0 heterocycles. The van der Waals surface area contributed by atoms with Gasteiger partial charge in [0.15, 0.2) is 0 Å². The third kappa shape index (κ3) is 4.41. The van der Waals surface area contributed by atoms with Crippen LogP contribution < -0.4 is 9.92 Å². The van der Waals surface area contributed by atoms with Crippen LogP contribution in [0.3, 0.4) is 0 Å². The smallest absolute Gasteiger partial charge is 0.394 e. The number of aliphatic hydroxyl groups excluding tert-OH is 1. The molecule has 0 aliphatic rings. The van der Waals surface area contributed by atoms with Gasteiger partial charge < -0.3 is 19.8 Å². The molecule has 1 atom stereocenters. The normalized spacial score (nSPS) is 14.8. The monoisotopic (exact) mass is 275 g/mol. The molecule has 0 spiro atoms. The van der Waals surface area contributed by atoms with Gasteiger partial charge in [-0.25, -0.2) is 0 Å². The van der Waals surface area contributed by atoms with Crippen molar-refractivity contribution in [2.75, 3.05) is 6.61 Å². The van der Waals surface area contributed by atoms with Crippen LogP contribution in [-0.4, -0.2) is 36.5 Å². The first-order valence-electron chi connectivity index (χ1n) is 4.90. The minimum absolute atomic E-state index is 0.0704. The van der Waals surface area contributed by atoms with Crippen LogP contribution in [0.1, 0.15) is 5.56 Å². The van der Waals surface area contributed by atoms with Crippen molar-refractivity contribution in [2.45, 2.75) is 12.0 Å². The lowest BCUT2D eigenvalue weighted by molar-refractivity contribution is -0.113. The van der Waals surface area contributed by atoms with Gasteiger partial charge in [-0.2, -0.15) is 8.42 Å². The van der Waals surface area contributed by atoms with E-state index in [9.17, 15) is 13.2 Å². The fraction of sp³-hybridized carbons (Fsp3) is 0.300. The van der Waals surface area contributed by atoms with Gasteiger partial charge in [0.2, 0.25) is 0 Å². The summed E-state index contributed by atoms with van der Waals surface area (Å²) in [5.41, 5.74) is 4.83. The average molecular weight is 275 g/mol. The largest absolute Gasteiger partial charge is 0.446 e. The molecule has 0 aromatic heterocycles. The molecule has 100 valence electrons. The summed E-state index contributed by atoms with van der Waals surface area (Å²) in [7, 11) is -4.56. The topological polar surface area (TPSA) is 127 Å². The van der Waals surface area contributed by atoms with E-state index in [0.717, 1.165) is 0 Å². The predicted octanol–water partition coefficient (Wildman–Crippen LogP) is -0.701. The standard InChI is InChI=1S/C10H13NO6S/c11-10(6-12,7-13)5-8-1-3-9(4-2-8)17-18(14,15)16/h1-4,6,13H,5,7,11H2,(H,14,15,16)/t10-/m0/s1. The van der Waals surface area contributed by atoms with Gasteiger partial charge in [-0.05, 0) is 24.1 Å². The van der Waals surface area contributed by atoms with Gasteiger partial charge in [0.05, 0.1) is 12.1 Å². The lowest BCUT2D eigenvalue weighted by Gasteiger charge is -2.19. The molecule has 0 amide bonds. The quantitative estimate of drug-likeness (QED) is 0.462. The van der Waals surface area contributed by atoms with Gasteiger partial charge in [-0.1, -0.05) is 12.1 Å². The third-order valence-electron chi connectivity index (χ3n) is 2.19. The summed E-state index contributed by atoms with van der Waals surface area (Å²) in [6.45, 7) is -0.500. The number of rotatable bonds is 6. The Bertz CT molecular complexity index is 512. The van der Waals surface area contributed by atoms with E-state index in [1.807, 2.05) is 0 Å². The van der Waals surface area contributed by atoms with Gasteiger partial charge in [0, 0.05) is 0 Å². The Kier molecular flexibility index (Phi) is 4.41. The van der Waals surface area contributed by atoms with Crippen LogP contribution in [0.2, 0.25) is 0 Å². The Morgan fingerprint density at radius 2 is 1.89 bits per heavy atom. The Morgan fingerprint density at radius 1 is 1.33 bits per heavy atom. The molecule has 0 saturated carbocycles. The first-order chi connectivity index (χ1) is 8.28. The zero-order valence-corrected chi connectivity index (χ0v) is 10.1. The van der Waals surface area contributed by atoms with Gasteiger partial charge in [-0.3, -0.25) is 4.55 Å². The number of carbonyl (C=O) groups is 1. The molecule has 0 aliphatic heterocycles. The maximum atomic E-state index is 10.7. The molecule has 0 radical (unpaired) electrons. The summed E-state index contributed by atoms with van der Waals surface area (Å²) in [6.07, 6.45) is 0.550. The number of benzene rings is 1. The van der Waals surface area contributed by atoms with Crippen LogP contribution in [0.15, 0.2) is 24.3 Å². The Hall–Kier alpha value is -1.48. The number of hydrogen-bond donors (Lipinski definition) is 3. The predicted molar refractivity (Wildman–Crippen MR) is 62.4 cm³/mol. The summed E-state index contributed by atoms with van der Waals surface area (Å²) >= 11 is 0. The van der Waals surface area contributed by atoms with Crippen LogP contribution in [0, 0.1) is 0 Å². The van der Waals surface area contributed by atoms with E-state index in [-0.39, 0.29) is 12.2 Å². The Morgan fingerprint density at radius 3 is 2.28 bits per heavy atom. The lowest BCUT2D eigenvalue weighted by Crippen LogP contribution is -2.47. The van der Waals surface area contributed by atoms with Crippen LogP contribution in [-0.2, 0) is 21.6 Å². The van der Waals surface area contributed by atoms with Crippen molar-refractivity contribution in [1.29, 1.82) is 0 Å². The van der Waals surface area contributed by atoms with Crippen molar-refractivity contribution in [3.05, 3.63) is 29.8 Å².